The quantitative estimate of drug-likeness (QED) is 0.864. The molecule has 0 spiro atoms. The number of carbonyl (C=O) groups is 2. The van der Waals surface area contributed by atoms with Crippen molar-refractivity contribution < 1.29 is 18.7 Å². The van der Waals surface area contributed by atoms with Gasteiger partial charge in [-0.2, -0.15) is 0 Å². The van der Waals surface area contributed by atoms with Crippen LogP contribution in [0.1, 0.15) is 24.8 Å². The number of nitrogens with one attached hydrogen (secondary N) is 2. The van der Waals surface area contributed by atoms with Crippen molar-refractivity contribution in [1.29, 1.82) is 0 Å². The molecule has 1 aromatic rings. The SMILES string of the molecule is C[C@H](CNC(=O)[C@H]1CC(=O)Nc2cc(F)ccc21)N1CCOCC1. The first-order valence-electron chi connectivity index (χ1n) is 8.23. The molecule has 0 aromatic heterocycles. The van der Waals surface area contributed by atoms with Gasteiger partial charge in [0.15, 0.2) is 0 Å². The summed E-state index contributed by atoms with van der Waals surface area (Å²) in [6, 6.07) is 4.33. The summed E-state index contributed by atoms with van der Waals surface area (Å²) in [7, 11) is 0. The molecule has 6 nitrogen and oxygen atoms in total. The van der Waals surface area contributed by atoms with Crippen LogP contribution >= 0.6 is 0 Å². The number of fused-ring (bicyclic) bond motifs is 1. The van der Waals surface area contributed by atoms with E-state index >= 15 is 0 Å². The van der Waals surface area contributed by atoms with E-state index in [0.717, 1.165) is 13.1 Å². The van der Waals surface area contributed by atoms with Crippen LogP contribution in [-0.2, 0) is 14.3 Å². The average molecular weight is 335 g/mol. The lowest BCUT2D eigenvalue weighted by atomic mass is 9.89. The molecule has 3 rings (SSSR count). The molecule has 2 N–H and O–H groups in total. The van der Waals surface area contributed by atoms with Gasteiger partial charge in [-0.25, -0.2) is 4.39 Å². The van der Waals surface area contributed by atoms with Crippen LogP contribution < -0.4 is 10.6 Å². The number of rotatable bonds is 4. The van der Waals surface area contributed by atoms with Crippen molar-refractivity contribution in [2.45, 2.75) is 25.3 Å². The van der Waals surface area contributed by atoms with E-state index in [1.807, 2.05) is 0 Å². The van der Waals surface area contributed by atoms with E-state index in [2.05, 4.69) is 22.5 Å². The van der Waals surface area contributed by atoms with Gasteiger partial charge in [-0.05, 0) is 24.6 Å². The van der Waals surface area contributed by atoms with Gasteiger partial charge in [-0.1, -0.05) is 6.07 Å². The molecule has 2 aliphatic rings. The molecule has 0 saturated carbocycles. The summed E-state index contributed by atoms with van der Waals surface area (Å²) in [4.78, 5) is 26.6. The van der Waals surface area contributed by atoms with E-state index in [1.54, 1.807) is 6.07 Å². The third-order valence-electron chi connectivity index (χ3n) is 4.61. The fraction of sp³-hybridized carbons (Fsp3) is 0.529. The largest absolute Gasteiger partial charge is 0.379 e. The number of hydrogen-bond acceptors (Lipinski definition) is 4. The van der Waals surface area contributed by atoms with Gasteiger partial charge in [0.25, 0.3) is 0 Å². The zero-order valence-corrected chi connectivity index (χ0v) is 13.7. The average Bonchev–Trinajstić information content (AvgIpc) is 2.59. The maximum absolute atomic E-state index is 13.3. The summed E-state index contributed by atoms with van der Waals surface area (Å²) in [6.45, 7) is 5.69. The fourth-order valence-corrected chi connectivity index (χ4v) is 3.19. The van der Waals surface area contributed by atoms with Crippen molar-refractivity contribution >= 4 is 17.5 Å². The molecule has 130 valence electrons. The van der Waals surface area contributed by atoms with Gasteiger partial charge in [0.1, 0.15) is 5.82 Å². The standard InChI is InChI=1S/C17H22FN3O3/c1-11(21-4-6-24-7-5-21)10-19-17(23)14-9-16(22)20-15-8-12(18)2-3-13(14)15/h2-3,8,11,14H,4-7,9-10H2,1H3,(H,19,23)(H,20,22)/t11-,14+/m1/s1. The van der Waals surface area contributed by atoms with Crippen LogP contribution in [0, 0.1) is 5.82 Å². The highest BCUT2D eigenvalue weighted by Gasteiger charge is 2.31. The number of morpholine rings is 1. The van der Waals surface area contributed by atoms with Gasteiger partial charge in [0.05, 0.1) is 19.1 Å². The highest BCUT2D eigenvalue weighted by molar-refractivity contribution is 6.01. The van der Waals surface area contributed by atoms with E-state index in [9.17, 15) is 14.0 Å². The summed E-state index contributed by atoms with van der Waals surface area (Å²) in [5.74, 6) is -1.48. The van der Waals surface area contributed by atoms with E-state index in [4.69, 9.17) is 4.74 Å². The molecule has 7 heteroatoms. The number of amides is 2. The predicted octanol–water partition coefficient (Wildman–Crippen LogP) is 1.09. The Balaban J connectivity index is 1.63. The molecule has 24 heavy (non-hydrogen) atoms. The Bertz CT molecular complexity index is 632. The third-order valence-corrected chi connectivity index (χ3v) is 4.61. The van der Waals surface area contributed by atoms with E-state index in [1.165, 1.54) is 12.1 Å². The first-order chi connectivity index (χ1) is 11.5. The minimum absolute atomic E-state index is 0.0798. The van der Waals surface area contributed by atoms with Crippen LogP contribution in [0.5, 0.6) is 0 Å². The second kappa shape index (κ2) is 7.27. The normalized spacial score (nSPS) is 22.4. The predicted molar refractivity (Wildman–Crippen MR) is 87.3 cm³/mol. The second-order valence-corrected chi connectivity index (χ2v) is 6.28. The van der Waals surface area contributed by atoms with Crippen molar-refractivity contribution in [3.63, 3.8) is 0 Å². The Labute approximate surface area is 140 Å². The minimum Gasteiger partial charge on any atom is -0.379 e. The van der Waals surface area contributed by atoms with Gasteiger partial charge < -0.3 is 15.4 Å². The molecule has 2 heterocycles. The lowest BCUT2D eigenvalue weighted by Crippen LogP contribution is -2.48. The molecule has 2 aliphatic heterocycles. The third kappa shape index (κ3) is 3.73. The van der Waals surface area contributed by atoms with Crippen LogP contribution in [0.25, 0.3) is 0 Å². The van der Waals surface area contributed by atoms with Crippen molar-refractivity contribution in [1.82, 2.24) is 10.2 Å². The molecule has 2 atom stereocenters. The Morgan fingerprint density at radius 3 is 2.96 bits per heavy atom. The number of carbonyl (C=O) groups excluding carboxylic acids is 2. The van der Waals surface area contributed by atoms with Gasteiger partial charge in [0.2, 0.25) is 11.8 Å². The van der Waals surface area contributed by atoms with Crippen LogP contribution in [0.2, 0.25) is 0 Å². The first-order valence-corrected chi connectivity index (χ1v) is 8.23. The molecule has 0 unspecified atom stereocenters. The smallest absolute Gasteiger partial charge is 0.228 e. The first kappa shape index (κ1) is 16.9. The molecule has 0 radical (unpaired) electrons. The molecule has 1 aromatic carbocycles. The molecule has 1 fully saturated rings. The Morgan fingerprint density at radius 2 is 2.21 bits per heavy atom. The van der Waals surface area contributed by atoms with Crippen molar-refractivity contribution in [2.75, 3.05) is 38.2 Å². The maximum Gasteiger partial charge on any atom is 0.228 e. The van der Waals surface area contributed by atoms with Gasteiger partial charge in [-0.3, -0.25) is 14.5 Å². The number of ether oxygens (including phenoxy) is 1. The highest BCUT2D eigenvalue weighted by Crippen LogP contribution is 2.32. The number of hydrogen-bond donors (Lipinski definition) is 2. The summed E-state index contributed by atoms with van der Waals surface area (Å²) < 4.78 is 18.7. The Hall–Kier alpha value is -1.99. The molecule has 0 bridgehead atoms. The van der Waals surface area contributed by atoms with E-state index in [-0.39, 0.29) is 24.3 Å². The fourth-order valence-electron chi connectivity index (χ4n) is 3.19. The number of halogens is 1. The summed E-state index contributed by atoms with van der Waals surface area (Å²) >= 11 is 0. The van der Waals surface area contributed by atoms with E-state index in [0.29, 0.717) is 31.0 Å². The molecular weight excluding hydrogens is 313 g/mol. The van der Waals surface area contributed by atoms with Crippen molar-refractivity contribution in [2.24, 2.45) is 0 Å². The summed E-state index contributed by atoms with van der Waals surface area (Å²) in [5, 5.41) is 5.55. The van der Waals surface area contributed by atoms with Crippen molar-refractivity contribution in [3.05, 3.63) is 29.6 Å². The lowest BCUT2D eigenvalue weighted by Gasteiger charge is -2.33. The highest BCUT2D eigenvalue weighted by atomic mass is 19.1. The molecular formula is C17H22FN3O3. The number of nitrogens with zero attached hydrogens (tertiary/aromatic N) is 1. The molecule has 0 aliphatic carbocycles. The summed E-state index contributed by atoms with van der Waals surface area (Å²) in [5.41, 5.74) is 1.04. The van der Waals surface area contributed by atoms with Gasteiger partial charge in [-0.15, -0.1) is 0 Å². The number of anilines is 1. The van der Waals surface area contributed by atoms with Crippen LogP contribution in [0.3, 0.4) is 0 Å². The van der Waals surface area contributed by atoms with Crippen LogP contribution in [0.15, 0.2) is 18.2 Å². The zero-order chi connectivity index (χ0) is 17.1. The van der Waals surface area contributed by atoms with Gasteiger partial charge >= 0.3 is 0 Å². The maximum atomic E-state index is 13.3. The zero-order valence-electron chi connectivity index (χ0n) is 13.7. The van der Waals surface area contributed by atoms with Crippen LogP contribution in [0.4, 0.5) is 10.1 Å². The Morgan fingerprint density at radius 1 is 1.46 bits per heavy atom. The topological polar surface area (TPSA) is 70.7 Å². The lowest BCUT2D eigenvalue weighted by molar-refractivity contribution is -0.126. The van der Waals surface area contributed by atoms with Crippen LogP contribution in [-0.4, -0.2) is 55.6 Å². The number of benzene rings is 1. The monoisotopic (exact) mass is 335 g/mol. The molecule has 2 amide bonds. The Kier molecular flexibility index (Phi) is 5.11. The molecule has 1 saturated heterocycles. The summed E-state index contributed by atoms with van der Waals surface area (Å²) in [6.07, 6.45) is 0.0798. The van der Waals surface area contributed by atoms with Crippen molar-refractivity contribution in [3.8, 4) is 0 Å². The second-order valence-electron chi connectivity index (χ2n) is 6.28. The van der Waals surface area contributed by atoms with Gasteiger partial charge in [0, 0.05) is 37.8 Å². The minimum atomic E-state index is -0.578. The van der Waals surface area contributed by atoms with E-state index < -0.39 is 11.7 Å².